The number of hydrogen-bond donors (Lipinski definition) is 0. The Labute approximate surface area is 129 Å². The van der Waals surface area contributed by atoms with Crippen molar-refractivity contribution >= 4 is 18.7 Å². The van der Waals surface area contributed by atoms with Crippen molar-refractivity contribution in [2.45, 2.75) is 25.8 Å². The molecule has 0 bridgehead atoms. The zero-order valence-electron chi connectivity index (χ0n) is 13.0. The topological polar surface area (TPSA) is 9.23 Å². The van der Waals surface area contributed by atoms with Crippen molar-refractivity contribution < 1.29 is 4.43 Å². The second-order valence-corrected chi connectivity index (χ2v) is 10.5. The van der Waals surface area contributed by atoms with E-state index in [9.17, 15) is 0 Å². The minimum Gasteiger partial charge on any atom is -0.396 e. The molecule has 0 fully saturated rings. The highest BCUT2D eigenvalue weighted by molar-refractivity contribution is 6.99. The quantitative estimate of drug-likeness (QED) is 0.621. The predicted octanol–water partition coefficient (Wildman–Crippen LogP) is 3.20. The van der Waals surface area contributed by atoms with Gasteiger partial charge in [0.1, 0.15) is 0 Å². The van der Waals surface area contributed by atoms with Crippen LogP contribution >= 0.6 is 0 Å². The molecular weight excluding hydrogens is 272 g/mol. The molecule has 0 aliphatic rings. The van der Waals surface area contributed by atoms with E-state index in [2.05, 4.69) is 75.2 Å². The first-order valence-corrected chi connectivity index (χ1v) is 9.11. The second kappa shape index (κ2) is 6.30. The zero-order valence-corrected chi connectivity index (χ0v) is 14.0. The molecule has 0 atom stereocenters. The fraction of sp³-hybridized carbons (Fsp3) is 0.263. The van der Waals surface area contributed by atoms with Crippen molar-refractivity contribution in [3.05, 3.63) is 60.7 Å². The fourth-order valence-corrected chi connectivity index (χ4v) is 7.37. The lowest BCUT2D eigenvalue weighted by molar-refractivity contribution is 0.346. The van der Waals surface area contributed by atoms with Gasteiger partial charge in [0.05, 0.1) is 6.61 Å². The highest BCUT2D eigenvalue weighted by Crippen LogP contribution is 2.36. The summed E-state index contributed by atoms with van der Waals surface area (Å²) >= 11 is 0. The average Bonchev–Trinajstić information content (AvgIpc) is 2.49. The van der Waals surface area contributed by atoms with Gasteiger partial charge in [-0.05, 0) is 15.4 Å². The normalized spacial score (nSPS) is 11.9. The molecule has 0 N–H and O–H groups in total. The van der Waals surface area contributed by atoms with Crippen molar-refractivity contribution in [2.75, 3.05) is 6.61 Å². The molecule has 0 saturated carbocycles. The summed E-state index contributed by atoms with van der Waals surface area (Å²) in [6.07, 6.45) is 5.48. The fourth-order valence-electron chi connectivity index (χ4n) is 2.91. The van der Waals surface area contributed by atoms with Crippen LogP contribution in [-0.2, 0) is 4.43 Å². The first-order chi connectivity index (χ1) is 10.0. The maximum atomic E-state index is 6.42. The molecule has 0 saturated heterocycles. The van der Waals surface area contributed by atoms with Crippen LogP contribution in [0.4, 0.5) is 0 Å². The molecule has 2 heteroatoms. The van der Waals surface area contributed by atoms with Gasteiger partial charge in [0.15, 0.2) is 0 Å². The van der Waals surface area contributed by atoms with Gasteiger partial charge in [-0.15, -0.1) is 6.42 Å². The molecule has 108 valence electrons. The van der Waals surface area contributed by atoms with Crippen molar-refractivity contribution in [2.24, 2.45) is 0 Å². The largest absolute Gasteiger partial charge is 0.396 e. The van der Waals surface area contributed by atoms with Crippen LogP contribution in [0.3, 0.4) is 0 Å². The molecule has 0 aromatic heterocycles. The maximum absolute atomic E-state index is 6.42. The van der Waals surface area contributed by atoms with Gasteiger partial charge in [-0.3, -0.25) is 0 Å². The lowest BCUT2D eigenvalue weighted by Gasteiger charge is -2.42. The van der Waals surface area contributed by atoms with E-state index in [1.54, 1.807) is 0 Å². The molecule has 0 aliphatic heterocycles. The molecule has 0 unspecified atom stereocenters. The van der Waals surface area contributed by atoms with Crippen LogP contribution in [0.25, 0.3) is 0 Å². The molecule has 2 aromatic carbocycles. The molecule has 21 heavy (non-hydrogen) atoms. The summed E-state index contributed by atoms with van der Waals surface area (Å²) in [5.74, 6) is 2.65. The van der Waals surface area contributed by atoms with Crippen LogP contribution in [0.5, 0.6) is 0 Å². The minimum atomic E-state index is -2.41. The van der Waals surface area contributed by atoms with E-state index in [0.717, 1.165) is 0 Å². The van der Waals surface area contributed by atoms with Gasteiger partial charge in [0.25, 0.3) is 8.32 Å². The van der Waals surface area contributed by atoms with E-state index in [1.807, 2.05) is 12.1 Å². The maximum Gasteiger partial charge on any atom is 0.262 e. The number of terminal acetylenes is 1. The van der Waals surface area contributed by atoms with Crippen LogP contribution in [0, 0.1) is 12.3 Å². The smallest absolute Gasteiger partial charge is 0.262 e. The molecule has 2 aromatic rings. The van der Waals surface area contributed by atoms with Crippen LogP contribution in [0.2, 0.25) is 5.04 Å². The Morgan fingerprint density at radius 3 is 1.67 bits per heavy atom. The summed E-state index contributed by atoms with van der Waals surface area (Å²) in [7, 11) is -2.41. The Hall–Kier alpha value is -1.82. The standard InChI is InChI=1S/C19H22OSi/c1-5-16-20-21(19(2,3)4,17-12-8-6-9-13-17)18-14-10-7-11-15-18/h1,6-15H,16H2,2-4H3. The van der Waals surface area contributed by atoms with Crippen molar-refractivity contribution in [3.63, 3.8) is 0 Å². The van der Waals surface area contributed by atoms with E-state index in [4.69, 9.17) is 10.8 Å². The molecular formula is C19H22OSi. The molecule has 1 nitrogen and oxygen atoms in total. The van der Waals surface area contributed by atoms with Gasteiger partial charge in [-0.25, -0.2) is 0 Å². The first kappa shape index (κ1) is 15.6. The highest BCUT2D eigenvalue weighted by Gasteiger charge is 2.49. The Kier molecular flexibility index (Phi) is 4.67. The van der Waals surface area contributed by atoms with Gasteiger partial charge in [-0.1, -0.05) is 87.4 Å². The molecule has 0 amide bonds. The molecule has 0 heterocycles. The number of benzene rings is 2. The van der Waals surface area contributed by atoms with Crippen molar-refractivity contribution in [3.8, 4) is 12.3 Å². The van der Waals surface area contributed by atoms with Gasteiger partial charge >= 0.3 is 0 Å². The highest BCUT2D eigenvalue weighted by atomic mass is 28.4. The summed E-state index contributed by atoms with van der Waals surface area (Å²) in [5.41, 5.74) is 0. The van der Waals surface area contributed by atoms with Gasteiger partial charge in [0.2, 0.25) is 0 Å². The van der Waals surface area contributed by atoms with Crippen molar-refractivity contribution in [1.82, 2.24) is 0 Å². The summed E-state index contributed by atoms with van der Waals surface area (Å²) in [6, 6.07) is 21.0. The van der Waals surface area contributed by atoms with E-state index < -0.39 is 8.32 Å². The van der Waals surface area contributed by atoms with E-state index >= 15 is 0 Å². The van der Waals surface area contributed by atoms with Crippen molar-refractivity contribution in [1.29, 1.82) is 0 Å². The van der Waals surface area contributed by atoms with Crippen LogP contribution in [-0.4, -0.2) is 14.9 Å². The van der Waals surface area contributed by atoms with Gasteiger partial charge in [-0.2, -0.15) is 0 Å². The lowest BCUT2D eigenvalue weighted by atomic mass is 10.2. The van der Waals surface area contributed by atoms with E-state index in [1.165, 1.54) is 10.4 Å². The summed E-state index contributed by atoms with van der Waals surface area (Å²) in [4.78, 5) is 0. The van der Waals surface area contributed by atoms with Crippen LogP contribution in [0.1, 0.15) is 20.8 Å². The average molecular weight is 294 g/mol. The first-order valence-electron chi connectivity index (χ1n) is 7.21. The Bertz CT molecular complexity index is 566. The third-order valence-electron chi connectivity index (χ3n) is 3.79. The number of hydrogen-bond acceptors (Lipinski definition) is 1. The van der Waals surface area contributed by atoms with Gasteiger partial charge in [0, 0.05) is 0 Å². The Morgan fingerprint density at radius 1 is 0.905 bits per heavy atom. The SMILES string of the molecule is C#CCO[Si](c1ccccc1)(c1ccccc1)C(C)(C)C. The molecule has 0 spiro atoms. The predicted molar refractivity (Wildman–Crippen MR) is 92.4 cm³/mol. The molecule has 2 rings (SSSR count). The Morgan fingerprint density at radius 2 is 1.33 bits per heavy atom. The second-order valence-electron chi connectivity index (χ2n) is 6.16. The molecule has 0 aliphatic carbocycles. The monoisotopic (exact) mass is 294 g/mol. The number of rotatable bonds is 4. The van der Waals surface area contributed by atoms with E-state index in [-0.39, 0.29) is 5.04 Å². The summed E-state index contributed by atoms with van der Waals surface area (Å²) in [6.45, 7) is 7.08. The van der Waals surface area contributed by atoms with Crippen LogP contribution < -0.4 is 10.4 Å². The Balaban J connectivity index is 2.69. The molecule has 0 radical (unpaired) electrons. The third kappa shape index (κ3) is 2.95. The minimum absolute atomic E-state index is 0.00738. The summed E-state index contributed by atoms with van der Waals surface area (Å²) in [5, 5.41) is 2.52. The third-order valence-corrected chi connectivity index (χ3v) is 8.77. The zero-order chi connectivity index (χ0) is 15.3. The lowest BCUT2D eigenvalue weighted by Crippen LogP contribution is -2.66. The van der Waals surface area contributed by atoms with E-state index in [0.29, 0.717) is 6.61 Å². The summed E-state index contributed by atoms with van der Waals surface area (Å²) < 4.78 is 6.42. The van der Waals surface area contributed by atoms with Gasteiger partial charge < -0.3 is 4.43 Å². The van der Waals surface area contributed by atoms with Crippen LogP contribution in [0.15, 0.2) is 60.7 Å².